The van der Waals surface area contributed by atoms with E-state index in [0.717, 1.165) is 25.7 Å². The maximum atomic E-state index is 12.3. The van der Waals surface area contributed by atoms with Crippen LogP contribution in [-0.2, 0) is 16.1 Å². The van der Waals surface area contributed by atoms with Gasteiger partial charge in [-0.15, -0.1) is 0 Å². The summed E-state index contributed by atoms with van der Waals surface area (Å²) in [6, 6.07) is 4.86. The van der Waals surface area contributed by atoms with Crippen LogP contribution in [0.2, 0.25) is 0 Å². The predicted octanol–water partition coefficient (Wildman–Crippen LogP) is 4.35. The Balaban J connectivity index is 0.000000424. The molecule has 258 valence electrons. The average Bonchev–Trinajstić information content (AvgIpc) is 3.02. The van der Waals surface area contributed by atoms with Crippen molar-refractivity contribution in [1.29, 1.82) is 0 Å². The van der Waals surface area contributed by atoms with Crippen molar-refractivity contribution >= 4 is 40.6 Å². The first-order chi connectivity index (χ1) is 22.8. The number of aliphatic hydroxyl groups excluding tert-OH is 1. The van der Waals surface area contributed by atoms with Gasteiger partial charge >= 0.3 is 11.9 Å². The summed E-state index contributed by atoms with van der Waals surface area (Å²) in [5, 5.41) is 31.9. The van der Waals surface area contributed by atoms with Crippen molar-refractivity contribution < 1.29 is 29.7 Å². The number of hydrogen-bond acceptors (Lipinski definition) is 10. The number of aliphatic carboxylic acids is 2. The Hall–Kier alpha value is -5.37. The Kier molecular flexibility index (Phi) is 16.2. The third kappa shape index (κ3) is 14.4. The number of carboxylic acids is 2. The second-order valence-electron chi connectivity index (χ2n) is 11.4. The Morgan fingerprint density at radius 1 is 0.938 bits per heavy atom. The van der Waals surface area contributed by atoms with Gasteiger partial charge in [0, 0.05) is 17.7 Å². The molecule has 1 unspecified atom stereocenters. The number of anilines is 2. The minimum atomic E-state index is -1.31. The fourth-order valence-electron chi connectivity index (χ4n) is 4.25. The summed E-state index contributed by atoms with van der Waals surface area (Å²) < 4.78 is 0. The summed E-state index contributed by atoms with van der Waals surface area (Å²) in [7, 11) is 0. The molecule has 0 bridgehead atoms. The number of aliphatic hydroxyl groups is 1. The number of nitrogens with zero attached hydrogens (tertiary/aromatic N) is 3. The highest BCUT2D eigenvalue weighted by Gasteiger charge is 2.21. The number of nitrogens with one attached hydrogen (secondary N) is 3. The first kappa shape index (κ1) is 38.8. The van der Waals surface area contributed by atoms with E-state index < -0.39 is 29.4 Å². The summed E-state index contributed by atoms with van der Waals surface area (Å²) >= 11 is 0. The number of nitrogen functional groups attached to an aromatic ring is 1. The topological polar surface area (TPSA) is 234 Å². The maximum absolute atomic E-state index is 12.3. The van der Waals surface area contributed by atoms with Gasteiger partial charge in [-0.3, -0.25) is 19.4 Å². The molecule has 0 aliphatic rings. The van der Waals surface area contributed by atoms with E-state index in [1.807, 2.05) is 6.08 Å². The zero-order valence-corrected chi connectivity index (χ0v) is 27.7. The van der Waals surface area contributed by atoms with Crippen molar-refractivity contribution in [2.75, 3.05) is 17.7 Å². The van der Waals surface area contributed by atoms with E-state index in [2.05, 4.69) is 70.4 Å². The van der Waals surface area contributed by atoms with Crippen LogP contribution in [0.5, 0.6) is 0 Å². The van der Waals surface area contributed by atoms with Crippen LogP contribution >= 0.6 is 0 Å². The molecule has 0 radical (unpaired) electrons. The highest BCUT2D eigenvalue weighted by Crippen LogP contribution is 2.13. The first-order valence-corrected chi connectivity index (χ1v) is 15.4. The Morgan fingerprint density at radius 2 is 1.58 bits per heavy atom. The van der Waals surface area contributed by atoms with Gasteiger partial charge in [-0.1, -0.05) is 34.9 Å². The summed E-state index contributed by atoms with van der Waals surface area (Å²) in [5.41, 5.74) is 10.6. The molecular weight excluding hydrogens is 618 g/mol. The summed E-state index contributed by atoms with van der Waals surface area (Å²) in [4.78, 5) is 60.6. The van der Waals surface area contributed by atoms with Crippen LogP contribution in [0.25, 0.3) is 11.2 Å². The monoisotopic (exact) mass is 663 g/mol. The molecule has 0 saturated carbocycles. The third-order valence-electron chi connectivity index (χ3n) is 6.92. The number of carboxylic acid groups (broad SMARTS) is 2. The van der Waals surface area contributed by atoms with Gasteiger partial charge in [-0.25, -0.2) is 14.8 Å². The lowest BCUT2D eigenvalue weighted by Gasteiger charge is -2.14. The molecule has 0 aliphatic heterocycles. The summed E-state index contributed by atoms with van der Waals surface area (Å²) in [5.74, 6) is -3.16. The number of benzene rings is 1. The second kappa shape index (κ2) is 20.0. The molecule has 2 aromatic heterocycles. The van der Waals surface area contributed by atoms with E-state index in [1.54, 1.807) is 12.1 Å². The van der Waals surface area contributed by atoms with Gasteiger partial charge in [0.25, 0.3) is 11.5 Å². The average molecular weight is 664 g/mol. The van der Waals surface area contributed by atoms with Crippen LogP contribution < -0.4 is 21.9 Å². The molecule has 0 fully saturated rings. The van der Waals surface area contributed by atoms with Gasteiger partial charge in [0.15, 0.2) is 11.2 Å². The highest BCUT2D eigenvalue weighted by atomic mass is 16.4. The fourth-order valence-corrected chi connectivity index (χ4v) is 4.25. The van der Waals surface area contributed by atoms with Crippen molar-refractivity contribution in [3.63, 3.8) is 0 Å². The maximum Gasteiger partial charge on any atom is 0.326 e. The van der Waals surface area contributed by atoms with E-state index in [0.29, 0.717) is 11.4 Å². The summed E-state index contributed by atoms with van der Waals surface area (Å²) in [6.07, 6.45) is 11.8. The van der Waals surface area contributed by atoms with E-state index in [-0.39, 0.29) is 48.7 Å². The molecule has 8 N–H and O–H groups in total. The summed E-state index contributed by atoms with van der Waals surface area (Å²) in [6.45, 7) is 8.94. The first-order valence-electron chi connectivity index (χ1n) is 15.4. The van der Waals surface area contributed by atoms with Gasteiger partial charge in [0.1, 0.15) is 6.04 Å². The van der Waals surface area contributed by atoms with E-state index in [4.69, 9.17) is 21.1 Å². The Morgan fingerprint density at radius 3 is 2.19 bits per heavy atom. The number of hydrogen-bond donors (Lipinski definition) is 7. The Bertz CT molecular complexity index is 1690. The molecule has 14 heteroatoms. The number of fused-ring (bicyclic) bond motifs is 1. The minimum absolute atomic E-state index is 0.0524. The van der Waals surface area contributed by atoms with Crippen molar-refractivity contribution in [2.24, 2.45) is 0 Å². The molecule has 14 nitrogen and oxygen atoms in total. The molecule has 0 aliphatic carbocycles. The molecule has 1 atom stereocenters. The predicted molar refractivity (Wildman–Crippen MR) is 184 cm³/mol. The van der Waals surface area contributed by atoms with Crippen LogP contribution in [0.15, 0.2) is 70.2 Å². The minimum Gasteiger partial charge on any atom is -0.481 e. The number of aromatic amines is 1. The molecule has 48 heavy (non-hydrogen) atoms. The van der Waals surface area contributed by atoms with Gasteiger partial charge in [0.2, 0.25) is 5.95 Å². The van der Waals surface area contributed by atoms with Gasteiger partial charge in [-0.2, -0.15) is 4.98 Å². The van der Waals surface area contributed by atoms with E-state index >= 15 is 0 Å². The lowest BCUT2D eigenvalue weighted by atomic mass is 10.1. The van der Waals surface area contributed by atoms with Crippen molar-refractivity contribution in [3.05, 3.63) is 87.0 Å². The van der Waals surface area contributed by atoms with Gasteiger partial charge in [0.05, 0.1) is 25.0 Å². The SMILES string of the molecule is CC(C)=CCCC(C)=CCCC(C)=CCO.Nc1nc2ncc(CNc3ccc(C(=O)NC(CCC(=O)O)C(=O)O)cc3)nc2c(=O)[nH]1. The smallest absolute Gasteiger partial charge is 0.326 e. The van der Waals surface area contributed by atoms with Crippen LogP contribution in [0, 0.1) is 0 Å². The quantitative estimate of drug-likeness (QED) is 0.106. The normalized spacial score (nSPS) is 12.0. The number of rotatable bonds is 16. The highest BCUT2D eigenvalue weighted by molar-refractivity contribution is 5.97. The number of carbonyl (C=O) groups excluding carboxylic acids is 1. The lowest BCUT2D eigenvalue weighted by molar-refractivity contribution is -0.140. The molecule has 0 spiro atoms. The van der Waals surface area contributed by atoms with Gasteiger partial charge in [-0.05, 0) is 84.1 Å². The number of H-pyrrole nitrogens is 1. The molecule has 3 aromatic rings. The molecule has 1 aromatic carbocycles. The van der Waals surface area contributed by atoms with Crippen molar-refractivity contribution in [2.45, 2.75) is 78.8 Å². The third-order valence-corrected chi connectivity index (χ3v) is 6.92. The van der Waals surface area contributed by atoms with E-state index in [1.165, 1.54) is 35.0 Å². The van der Waals surface area contributed by atoms with Crippen molar-refractivity contribution in [1.82, 2.24) is 25.3 Å². The zero-order chi connectivity index (χ0) is 35.6. The molecular formula is C34H45N7O7. The lowest BCUT2D eigenvalue weighted by Crippen LogP contribution is -2.41. The number of aromatic nitrogens is 4. The number of carbonyl (C=O) groups is 3. The van der Waals surface area contributed by atoms with Crippen LogP contribution in [-0.4, -0.2) is 65.8 Å². The standard InChI is InChI=1S/C19H19N7O6.C15H26O/c20-19-25-15-14(17(30)26-19)23-11(8-22-15)7-21-10-3-1-9(2-4-10)16(29)24-12(18(31)32)5-6-13(27)28;1-13(2)7-5-8-14(3)9-6-10-15(4)11-12-16/h1-4,8,12,21H,5-7H2,(H,24,29)(H,27,28)(H,31,32)(H3,20,22,25,26,30);7,9,11,16H,5-6,8,10,12H2,1-4H3. The zero-order valence-electron chi connectivity index (χ0n) is 27.7. The second-order valence-corrected chi connectivity index (χ2v) is 11.4. The molecule has 0 saturated heterocycles. The van der Waals surface area contributed by atoms with Crippen LogP contribution in [0.3, 0.4) is 0 Å². The molecule has 2 heterocycles. The van der Waals surface area contributed by atoms with E-state index in [9.17, 15) is 19.2 Å². The largest absolute Gasteiger partial charge is 0.481 e. The Labute approximate surface area is 278 Å². The fraction of sp³-hybridized carbons (Fsp3) is 0.382. The van der Waals surface area contributed by atoms with Crippen LogP contribution in [0.1, 0.15) is 82.3 Å². The number of allylic oxidation sites excluding steroid dienone is 5. The number of amides is 1. The number of nitrogens with two attached hydrogens (primary N) is 1. The van der Waals surface area contributed by atoms with Gasteiger partial charge < -0.3 is 31.7 Å². The van der Waals surface area contributed by atoms with Crippen LogP contribution in [0.4, 0.5) is 11.6 Å². The van der Waals surface area contributed by atoms with Crippen molar-refractivity contribution in [3.8, 4) is 0 Å². The molecule has 3 rings (SSSR count). The molecule has 1 amide bonds.